The van der Waals surface area contributed by atoms with E-state index in [1.54, 1.807) is 55.5 Å². The first-order chi connectivity index (χ1) is 16.9. The lowest BCUT2D eigenvalue weighted by Crippen LogP contribution is -2.00. The van der Waals surface area contributed by atoms with Crippen molar-refractivity contribution < 1.29 is 22.3 Å². The SMILES string of the molecule is CCOCc1ccc(-c2ccc(/C=C/c3ccc(-c4ccc(C)cc4)c(F)c3F)cc2)c(F)c1F. The molecule has 0 aliphatic rings. The minimum Gasteiger partial charge on any atom is -0.377 e. The lowest BCUT2D eigenvalue weighted by atomic mass is 10.00. The molecule has 0 saturated carbocycles. The van der Waals surface area contributed by atoms with Crippen molar-refractivity contribution in [2.24, 2.45) is 0 Å². The van der Waals surface area contributed by atoms with Crippen molar-refractivity contribution in [3.63, 3.8) is 0 Å². The van der Waals surface area contributed by atoms with Crippen molar-refractivity contribution in [2.45, 2.75) is 20.5 Å². The van der Waals surface area contributed by atoms with Gasteiger partial charge in [0, 0.05) is 28.9 Å². The molecule has 0 N–H and O–H groups in total. The van der Waals surface area contributed by atoms with E-state index in [2.05, 4.69) is 0 Å². The molecule has 0 amide bonds. The second-order valence-electron chi connectivity index (χ2n) is 8.19. The average Bonchev–Trinajstić information content (AvgIpc) is 2.87. The molecule has 0 aliphatic heterocycles. The van der Waals surface area contributed by atoms with Gasteiger partial charge >= 0.3 is 0 Å². The van der Waals surface area contributed by atoms with E-state index in [9.17, 15) is 17.6 Å². The van der Waals surface area contributed by atoms with Crippen LogP contribution in [0.4, 0.5) is 17.6 Å². The second kappa shape index (κ2) is 10.7. The van der Waals surface area contributed by atoms with Gasteiger partial charge in [-0.25, -0.2) is 17.6 Å². The van der Waals surface area contributed by atoms with Gasteiger partial charge in [0.25, 0.3) is 0 Å². The highest BCUT2D eigenvalue weighted by molar-refractivity contribution is 5.74. The Morgan fingerprint density at radius 3 is 1.83 bits per heavy atom. The van der Waals surface area contributed by atoms with Crippen LogP contribution in [0.25, 0.3) is 34.4 Å². The molecule has 1 nitrogen and oxygen atoms in total. The highest BCUT2D eigenvalue weighted by Crippen LogP contribution is 2.29. The summed E-state index contributed by atoms with van der Waals surface area (Å²) in [7, 11) is 0. The summed E-state index contributed by atoms with van der Waals surface area (Å²) >= 11 is 0. The number of benzene rings is 4. The summed E-state index contributed by atoms with van der Waals surface area (Å²) in [5.74, 6) is -3.69. The second-order valence-corrected chi connectivity index (χ2v) is 8.19. The predicted octanol–water partition coefficient (Wildman–Crippen LogP) is 8.59. The fraction of sp³-hybridized carbons (Fsp3) is 0.133. The smallest absolute Gasteiger partial charge is 0.167 e. The molecule has 0 atom stereocenters. The van der Waals surface area contributed by atoms with Crippen molar-refractivity contribution in [3.05, 3.63) is 118 Å². The molecule has 4 rings (SSSR count). The molecule has 0 saturated heterocycles. The topological polar surface area (TPSA) is 9.23 Å². The van der Waals surface area contributed by atoms with Crippen LogP contribution >= 0.6 is 0 Å². The van der Waals surface area contributed by atoms with E-state index in [-0.39, 0.29) is 28.9 Å². The van der Waals surface area contributed by atoms with Crippen molar-refractivity contribution in [1.29, 1.82) is 0 Å². The average molecular weight is 477 g/mol. The number of aryl methyl sites for hydroxylation is 1. The van der Waals surface area contributed by atoms with Gasteiger partial charge in [-0.15, -0.1) is 0 Å². The lowest BCUT2D eigenvalue weighted by Gasteiger charge is -2.09. The molecule has 4 aromatic rings. The quantitative estimate of drug-likeness (QED) is 0.192. The van der Waals surface area contributed by atoms with Crippen LogP contribution < -0.4 is 0 Å². The molecular formula is C30H24F4O. The summed E-state index contributed by atoms with van der Waals surface area (Å²) in [5, 5.41) is 0. The van der Waals surface area contributed by atoms with E-state index >= 15 is 0 Å². The molecule has 0 fully saturated rings. The fourth-order valence-corrected chi connectivity index (χ4v) is 3.74. The third-order valence-corrected chi connectivity index (χ3v) is 5.78. The Hall–Kier alpha value is -3.70. The summed E-state index contributed by atoms with van der Waals surface area (Å²) in [4.78, 5) is 0. The normalized spacial score (nSPS) is 11.4. The molecule has 0 unspecified atom stereocenters. The van der Waals surface area contributed by atoms with Crippen LogP contribution in [-0.2, 0) is 11.3 Å². The zero-order valence-corrected chi connectivity index (χ0v) is 19.4. The minimum absolute atomic E-state index is 0.00637. The monoisotopic (exact) mass is 476 g/mol. The van der Waals surface area contributed by atoms with E-state index in [0.29, 0.717) is 23.3 Å². The van der Waals surface area contributed by atoms with Crippen LogP contribution in [0.2, 0.25) is 0 Å². The van der Waals surface area contributed by atoms with Crippen molar-refractivity contribution in [2.75, 3.05) is 6.61 Å². The molecule has 4 aromatic carbocycles. The minimum atomic E-state index is -0.934. The maximum absolute atomic E-state index is 14.7. The molecule has 178 valence electrons. The Morgan fingerprint density at radius 1 is 0.629 bits per heavy atom. The summed E-state index contributed by atoms with van der Waals surface area (Å²) < 4.78 is 63.5. The predicted molar refractivity (Wildman–Crippen MR) is 133 cm³/mol. The molecule has 0 heterocycles. The number of hydrogen-bond acceptors (Lipinski definition) is 1. The van der Waals surface area contributed by atoms with Crippen molar-refractivity contribution in [1.82, 2.24) is 0 Å². The third-order valence-electron chi connectivity index (χ3n) is 5.78. The van der Waals surface area contributed by atoms with Crippen LogP contribution in [0, 0.1) is 30.2 Å². The van der Waals surface area contributed by atoms with Gasteiger partial charge in [0.05, 0.1) is 6.61 Å². The maximum Gasteiger partial charge on any atom is 0.167 e. The van der Waals surface area contributed by atoms with E-state index in [0.717, 1.165) is 5.56 Å². The van der Waals surface area contributed by atoms with E-state index in [1.807, 2.05) is 19.1 Å². The van der Waals surface area contributed by atoms with Gasteiger partial charge in [0.2, 0.25) is 0 Å². The third kappa shape index (κ3) is 5.36. The standard InChI is InChI=1S/C30H24F4O/c1-3-35-18-24-15-17-26(30(34)28(24)32)22-11-6-20(7-12-22)8-13-23-14-16-25(29(33)27(23)31)21-9-4-19(2)5-10-21/h4-17H,3,18H2,1-2H3/b13-8+. The molecule has 5 heteroatoms. The van der Waals surface area contributed by atoms with Crippen molar-refractivity contribution >= 4 is 12.2 Å². The van der Waals surface area contributed by atoms with E-state index in [1.165, 1.54) is 24.3 Å². The highest BCUT2D eigenvalue weighted by Gasteiger charge is 2.15. The van der Waals surface area contributed by atoms with Gasteiger partial charge in [-0.05, 0) is 30.5 Å². The Balaban J connectivity index is 1.54. The first-order valence-electron chi connectivity index (χ1n) is 11.3. The molecule has 0 aromatic heterocycles. The van der Waals surface area contributed by atoms with Crippen LogP contribution in [0.5, 0.6) is 0 Å². The van der Waals surface area contributed by atoms with Crippen LogP contribution in [0.3, 0.4) is 0 Å². The summed E-state index contributed by atoms with van der Waals surface area (Å²) in [6.07, 6.45) is 3.12. The van der Waals surface area contributed by atoms with Gasteiger partial charge < -0.3 is 4.74 Å². The van der Waals surface area contributed by atoms with Crippen molar-refractivity contribution in [3.8, 4) is 22.3 Å². The van der Waals surface area contributed by atoms with E-state index < -0.39 is 23.3 Å². The zero-order valence-electron chi connectivity index (χ0n) is 19.4. The number of ether oxygens (including phenoxy) is 1. The molecule has 0 spiro atoms. The maximum atomic E-state index is 14.7. The van der Waals surface area contributed by atoms with Gasteiger partial charge in [-0.1, -0.05) is 90.5 Å². The Bertz CT molecular complexity index is 1360. The number of rotatable bonds is 7. The Labute approximate surface area is 202 Å². The van der Waals surface area contributed by atoms with Gasteiger partial charge in [0.1, 0.15) is 0 Å². The number of hydrogen-bond donors (Lipinski definition) is 0. The molecule has 0 bridgehead atoms. The van der Waals surface area contributed by atoms with Crippen LogP contribution in [0.1, 0.15) is 29.2 Å². The Morgan fingerprint density at radius 2 is 1.20 bits per heavy atom. The largest absolute Gasteiger partial charge is 0.377 e. The first kappa shape index (κ1) is 24.4. The number of halogens is 4. The molecule has 0 aliphatic carbocycles. The van der Waals surface area contributed by atoms with Gasteiger partial charge in [0.15, 0.2) is 23.3 Å². The van der Waals surface area contributed by atoms with Crippen LogP contribution in [-0.4, -0.2) is 6.61 Å². The lowest BCUT2D eigenvalue weighted by molar-refractivity contribution is 0.131. The highest BCUT2D eigenvalue weighted by atomic mass is 19.2. The van der Waals surface area contributed by atoms with Gasteiger partial charge in [-0.3, -0.25) is 0 Å². The molecule has 0 radical (unpaired) electrons. The first-order valence-corrected chi connectivity index (χ1v) is 11.3. The summed E-state index contributed by atoms with van der Waals surface area (Å²) in [5.41, 5.74) is 3.45. The summed E-state index contributed by atoms with van der Waals surface area (Å²) in [6, 6.07) is 20.0. The Kier molecular flexibility index (Phi) is 7.47. The van der Waals surface area contributed by atoms with Gasteiger partial charge in [-0.2, -0.15) is 0 Å². The summed E-state index contributed by atoms with van der Waals surface area (Å²) in [6.45, 7) is 4.12. The molecular weight excluding hydrogens is 452 g/mol. The fourth-order valence-electron chi connectivity index (χ4n) is 3.74. The molecule has 35 heavy (non-hydrogen) atoms. The van der Waals surface area contributed by atoms with Crippen LogP contribution in [0.15, 0.2) is 72.8 Å². The zero-order chi connectivity index (χ0) is 24.9. The van der Waals surface area contributed by atoms with E-state index in [4.69, 9.17) is 4.74 Å².